The first kappa shape index (κ1) is 14.9. The van der Waals surface area contributed by atoms with Gasteiger partial charge in [-0.25, -0.2) is 0 Å². The number of nitrogens with zero attached hydrogens (tertiary/aromatic N) is 2. The van der Waals surface area contributed by atoms with Crippen molar-refractivity contribution >= 4 is 0 Å². The second-order valence-corrected chi connectivity index (χ2v) is 5.84. The second-order valence-electron chi connectivity index (χ2n) is 5.84. The Labute approximate surface area is 108 Å². The second kappa shape index (κ2) is 6.72. The summed E-state index contributed by atoms with van der Waals surface area (Å²) in [5, 5.41) is 3.74. The molecule has 3 nitrogen and oxygen atoms in total. The van der Waals surface area contributed by atoms with Crippen molar-refractivity contribution in [3.05, 3.63) is 0 Å². The van der Waals surface area contributed by atoms with Crippen LogP contribution in [0.1, 0.15) is 40.0 Å². The fraction of sp³-hybridized carbons (Fsp3) is 1.00. The molecule has 0 radical (unpaired) electrons. The minimum Gasteiger partial charge on any atom is -0.310 e. The third kappa shape index (κ3) is 4.23. The fourth-order valence-corrected chi connectivity index (χ4v) is 3.03. The van der Waals surface area contributed by atoms with E-state index in [2.05, 4.69) is 50.0 Å². The maximum Gasteiger partial charge on any atom is 0.0306 e. The van der Waals surface area contributed by atoms with E-state index in [1.54, 1.807) is 0 Å². The van der Waals surface area contributed by atoms with Crippen molar-refractivity contribution in [2.45, 2.75) is 51.6 Å². The molecular formula is C14H31N3. The van der Waals surface area contributed by atoms with Gasteiger partial charge < -0.3 is 10.2 Å². The lowest BCUT2D eigenvalue weighted by Gasteiger charge is -2.38. The van der Waals surface area contributed by atoms with Gasteiger partial charge in [0, 0.05) is 24.7 Å². The van der Waals surface area contributed by atoms with Gasteiger partial charge in [0.1, 0.15) is 0 Å². The van der Waals surface area contributed by atoms with E-state index >= 15 is 0 Å². The topological polar surface area (TPSA) is 18.5 Å². The highest BCUT2D eigenvalue weighted by molar-refractivity contribution is 4.95. The van der Waals surface area contributed by atoms with E-state index in [4.69, 9.17) is 0 Å². The zero-order chi connectivity index (χ0) is 12.9. The molecule has 0 aromatic heterocycles. The van der Waals surface area contributed by atoms with Gasteiger partial charge >= 0.3 is 0 Å². The molecule has 1 heterocycles. The Morgan fingerprint density at radius 3 is 2.41 bits per heavy atom. The maximum absolute atomic E-state index is 3.74. The molecule has 102 valence electrons. The molecule has 0 amide bonds. The molecule has 0 saturated carbocycles. The quantitative estimate of drug-likeness (QED) is 0.733. The predicted molar refractivity (Wildman–Crippen MR) is 75.5 cm³/mol. The first-order chi connectivity index (χ1) is 8.03. The average molecular weight is 241 g/mol. The molecular weight excluding hydrogens is 210 g/mol. The number of likely N-dealkylation sites (N-methyl/N-ethyl adjacent to an activating group) is 2. The summed E-state index contributed by atoms with van der Waals surface area (Å²) in [7, 11) is 4.32. The van der Waals surface area contributed by atoms with Crippen molar-refractivity contribution < 1.29 is 0 Å². The molecule has 1 saturated heterocycles. The van der Waals surface area contributed by atoms with Crippen LogP contribution in [0.3, 0.4) is 0 Å². The Bertz CT molecular complexity index is 210. The Hall–Kier alpha value is -0.120. The Kier molecular flexibility index (Phi) is 5.90. The van der Waals surface area contributed by atoms with E-state index in [0.29, 0.717) is 11.6 Å². The normalized spacial score (nSPS) is 27.0. The van der Waals surface area contributed by atoms with E-state index < -0.39 is 0 Å². The molecule has 0 aromatic rings. The highest BCUT2D eigenvalue weighted by Crippen LogP contribution is 2.24. The molecule has 1 aliphatic heterocycles. The summed E-state index contributed by atoms with van der Waals surface area (Å²) in [5.41, 5.74) is 0.385. The highest BCUT2D eigenvalue weighted by Gasteiger charge is 2.34. The molecule has 0 spiro atoms. The van der Waals surface area contributed by atoms with Crippen LogP contribution in [-0.2, 0) is 0 Å². The van der Waals surface area contributed by atoms with Gasteiger partial charge in [0.15, 0.2) is 0 Å². The van der Waals surface area contributed by atoms with E-state index in [0.717, 1.165) is 13.1 Å². The van der Waals surface area contributed by atoms with Crippen LogP contribution < -0.4 is 5.32 Å². The first-order valence-corrected chi connectivity index (χ1v) is 7.17. The Morgan fingerprint density at radius 2 is 2.00 bits per heavy atom. The van der Waals surface area contributed by atoms with Gasteiger partial charge in [0.2, 0.25) is 0 Å². The van der Waals surface area contributed by atoms with Crippen LogP contribution in [-0.4, -0.2) is 61.7 Å². The zero-order valence-electron chi connectivity index (χ0n) is 12.4. The smallest absolute Gasteiger partial charge is 0.0306 e. The summed E-state index contributed by atoms with van der Waals surface area (Å²) < 4.78 is 0. The molecule has 2 atom stereocenters. The summed E-state index contributed by atoms with van der Waals surface area (Å²) in [6, 6.07) is 0.640. The predicted octanol–water partition coefficient (Wildman–Crippen LogP) is 1.79. The van der Waals surface area contributed by atoms with Crippen LogP contribution in [0.5, 0.6) is 0 Å². The summed E-state index contributed by atoms with van der Waals surface area (Å²) >= 11 is 0. The average Bonchev–Trinajstić information content (AvgIpc) is 2.74. The standard InChI is InChI=1S/C14H31N3/c1-6-14(9-8-10-15-14)12-17(7-2)13(3)11-16(4)5/h13,15H,6-12H2,1-5H3. The van der Waals surface area contributed by atoms with Crippen LogP contribution >= 0.6 is 0 Å². The lowest BCUT2D eigenvalue weighted by Crippen LogP contribution is -2.53. The molecule has 17 heavy (non-hydrogen) atoms. The minimum absolute atomic E-state index is 0.385. The molecule has 0 aromatic carbocycles. The van der Waals surface area contributed by atoms with E-state index in [1.807, 2.05) is 0 Å². The van der Waals surface area contributed by atoms with Gasteiger partial charge in [0.05, 0.1) is 0 Å². The van der Waals surface area contributed by atoms with Crippen molar-refractivity contribution in [1.82, 2.24) is 15.1 Å². The summed E-state index contributed by atoms with van der Waals surface area (Å²) in [5.74, 6) is 0. The van der Waals surface area contributed by atoms with Crippen molar-refractivity contribution in [2.75, 3.05) is 40.3 Å². The molecule has 0 aliphatic carbocycles. The highest BCUT2D eigenvalue weighted by atomic mass is 15.2. The monoisotopic (exact) mass is 241 g/mol. The van der Waals surface area contributed by atoms with Crippen molar-refractivity contribution in [2.24, 2.45) is 0 Å². The third-order valence-corrected chi connectivity index (χ3v) is 4.17. The summed E-state index contributed by atoms with van der Waals surface area (Å²) in [6.07, 6.45) is 3.93. The largest absolute Gasteiger partial charge is 0.310 e. The lowest BCUT2D eigenvalue weighted by atomic mass is 9.93. The van der Waals surface area contributed by atoms with E-state index in [1.165, 1.54) is 32.4 Å². The molecule has 3 heteroatoms. The van der Waals surface area contributed by atoms with Crippen molar-refractivity contribution in [3.8, 4) is 0 Å². The van der Waals surface area contributed by atoms with Gasteiger partial charge in [-0.1, -0.05) is 13.8 Å². The SMILES string of the molecule is CCN(CC1(CC)CCCN1)C(C)CN(C)C. The summed E-state index contributed by atoms with van der Waals surface area (Å²) in [6.45, 7) is 11.7. The van der Waals surface area contributed by atoms with Gasteiger partial charge in [0.25, 0.3) is 0 Å². The minimum atomic E-state index is 0.385. The number of hydrogen-bond acceptors (Lipinski definition) is 3. The molecule has 2 unspecified atom stereocenters. The molecule has 1 aliphatic rings. The number of nitrogens with one attached hydrogen (secondary N) is 1. The van der Waals surface area contributed by atoms with Crippen LogP contribution in [0.2, 0.25) is 0 Å². The molecule has 0 bridgehead atoms. The fourth-order valence-electron chi connectivity index (χ4n) is 3.03. The molecule has 1 fully saturated rings. The van der Waals surface area contributed by atoms with Gasteiger partial charge in [-0.3, -0.25) is 4.90 Å². The maximum atomic E-state index is 3.74. The first-order valence-electron chi connectivity index (χ1n) is 7.17. The Morgan fingerprint density at radius 1 is 1.29 bits per heavy atom. The number of rotatable bonds is 7. The number of hydrogen-bond donors (Lipinski definition) is 1. The van der Waals surface area contributed by atoms with Crippen molar-refractivity contribution in [3.63, 3.8) is 0 Å². The summed E-state index contributed by atoms with van der Waals surface area (Å²) in [4.78, 5) is 4.91. The van der Waals surface area contributed by atoms with Crippen LogP contribution in [0, 0.1) is 0 Å². The van der Waals surface area contributed by atoms with Gasteiger partial charge in [-0.15, -0.1) is 0 Å². The van der Waals surface area contributed by atoms with Gasteiger partial charge in [-0.2, -0.15) is 0 Å². The van der Waals surface area contributed by atoms with E-state index in [-0.39, 0.29) is 0 Å². The lowest BCUT2D eigenvalue weighted by molar-refractivity contribution is 0.133. The Balaban J connectivity index is 2.55. The molecule has 1 rings (SSSR count). The molecule has 1 N–H and O–H groups in total. The van der Waals surface area contributed by atoms with Crippen LogP contribution in [0.25, 0.3) is 0 Å². The van der Waals surface area contributed by atoms with Gasteiger partial charge in [-0.05, 0) is 53.4 Å². The van der Waals surface area contributed by atoms with Crippen molar-refractivity contribution in [1.29, 1.82) is 0 Å². The zero-order valence-corrected chi connectivity index (χ0v) is 12.4. The van der Waals surface area contributed by atoms with Crippen LogP contribution in [0.4, 0.5) is 0 Å². The van der Waals surface area contributed by atoms with E-state index in [9.17, 15) is 0 Å². The third-order valence-electron chi connectivity index (χ3n) is 4.17. The van der Waals surface area contributed by atoms with Crippen LogP contribution in [0.15, 0.2) is 0 Å².